The van der Waals surface area contributed by atoms with Crippen molar-refractivity contribution in [1.29, 1.82) is 0 Å². The first-order valence-corrected chi connectivity index (χ1v) is 7.54. The zero-order valence-corrected chi connectivity index (χ0v) is 12.1. The Balaban J connectivity index is 3.40. The molecule has 0 amide bonds. The van der Waals surface area contributed by atoms with Gasteiger partial charge in [0.05, 0.1) is 6.61 Å². The molecule has 11 heteroatoms. The van der Waals surface area contributed by atoms with E-state index in [4.69, 9.17) is 4.89 Å². The number of halogens is 6. The van der Waals surface area contributed by atoms with E-state index in [1.165, 1.54) is 0 Å². The van der Waals surface area contributed by atoms with Crippen LogP contribution in [0, 0.1) is 5.92 Å². The van der Waals surface area contributed by atoms with Gasteiger partial charge in [-0.3, -0.25) is 4.52 Å². The normalized spacial score (nSPS) is 41.0. The van der Waals surface area contributed by atoms with Crippen LogP contribution in [0.2, 0.25) is 0 Å². The summed E-state index contributed by atoms with van der Waals surface area (Å²) in [5.41, 5.74) is 0. The SMILES string of the molecule is CC(C)C1(F)OP(=O)(O)OCCCC(F)C(F)(F)C1(F)F. The topological polar surface area (TPSA) is 55.8 Å². The van der Waals surface area contributed by atoms with Crippen molar-refractivity contribution in [3.63, 3.8) is 0 Å². The maximum absolute atomic E-state index is 14.4. The summed E-state index contributed by atoms with van der Waals surface area (Å²) in [5.74, 6) is -17.6. The van der Waals surface area contributed by atoms with Crippen LogP contribution >= 0.6 is 7.82 Å². The molecule has 0 bridgehead atoms. The van der Waals surface area contributed by atoms with E-state index in [0.717, 1.165) is 13.8 Å². The minimum Gasteiger partial charge on any atom is -0.302 e. The highest BCUT2D eigenvalue weighted by molar-refractivity contribution is 7.47. The summed E-state index contributed by atoms with van der Waals surface area (Å²) in [6.07, 6.45) is -4.98. The molecule has 0 radical (unpaired) electrons. The molecule has 3 unspecified atom stereocenters. The van der Waals surface area contributed by atoms with Gasteiger partial charge < -0.3 is 4.89 Å². The second kappa shape index (κ2) is 5.72. The fourth-order valence-corrected chi connectivity index (χ4v) is 2.84. The molecule has 21 heavy (non-hydrogen) atoms. The van der Waals surface area contributed by atoms with Crippen LogP contribution in [-0.4, -0.2) is 35.4 Å². The van der Waals surface area contributed by atoms with Gasteiger partial charge >= 0.3 is 19.7 Å². The average molecular weight is 344 g/mol. The average Bonchev–Trinajstić information content (AvgIpc) is 2.31. The Morgan fingerprint density at radius 1 is 1.24 bits per heavy atom. The first-order valence-electron chi connectivity index (χ1n) is 6.04. The van der Waals surface area contributed by atoms with Crippen molar-refractivity contribution in [3.05, 3.63) is 0 Å². The molecule has 1 heterocycles. The van der Waals surface area contributed by atoms with Crippen molar-refractivity contribution >= 4 is 7.82 Å². The number of hydrogen-bond donors (Lipinski definition) is 1. The van der Waals surface area contributed by atoms with Crippen LogP contribution in [0.15, 0.2) is 0 Å². The van der Waals surface area contributed by atoms with Crippen molar-refractivity contribution in [1.82, 2.24) is 0 Å². The van der Waals surface area contributed by atoms with E-state index in [-0.39, 0.29) is 0 Å². The van der Waals surface area contributed by atoms with E-state index in [1.54, 1.807) is 0 Å². The Kier molecular flexibility index (Phi) is 5.10. The second-order valence-electron chi connectivity index (χ2n) is 5.00. The minimum absolute atomic E-state index is 0.540. The van der Waals surface area contributed by atoms with Gasteiger partial charge in [-0.2, -0.15) is 17.6 Å². The van der Waals surface area contributed by atoms with Crippen LogP contribution in [0.3, 0.4) is 0 Å². The largest absolute Gasteiger partial charge is 0.475 e. The van der Waals surface area contributed by atoms with Crippen LogP contribution in [-0.2, 0) is 13.6 Å². The third kappa shape index (κ3) is 3.23. The molecule has 0 aliphatic carbocycles. The minimum atomic E-state index is -5.67. The van der Waals surface area contributed by atoms with Crippen molar-refractivity contribution in [2.75, 3.05) is 6.61 Å². The van der Waals surface area contributed by atoms with Gasteiger partial charge in [0.2, 0.25) is 0 Å². The Bertz CT molecular complexity index is 432. The molecule has 1 fully saturated rings. The van der Waals surface area contributed by atoms with Crippen LogP contribution in [0.25, 0.3) is 0 Å². The van der Waals surface area contributed by atoms with E-state index < -0.39 is 57.1 Å². The Labute approximate surface area is 117 Å². The molecule has 1 rings (SSSR count). The second-order valence-corrected chi connectivity index (χ2v) is 6.38. The highest BCUT2D eigenvalue weighted by atomic mass is 31.2. The fraction of sp³-hybridized carbons (Fsp3) is 1.00. The molecular weight excluding hydrogens is 329 g/mol. The van der Waals surface area contributed by atoms with E-state index in [0.29, 0.717) is 0 Å². The smallest absolute Gasteiger partial charge is 0.302 e. The summed E-state index contributed by atoms with van der Waals surface area (Å²) < 4.78 is 102. The summed E-state index contributed by atoms with van der Waals surface area (Å²) in [7, 11) is -5.35. The van der Waals surface area contributed by atoms with Gasteiger partial charge in [-0.15, -0.1) is 0 Å². The standard InChI is InChI=1S/C10H15F6O4P/c1-6(2)9(14)10(15,16)8(12,13)7(11)4-3-5-19-21(17,18)20-9/h6-7H,3-5H2,1-2H3,(H,17,18). The third-order valence-corrected chi connectivity index (χ3v) is 4.09. The van der Waals surface area contributed by atoms with E-state index in [9.17, 15) is 30.9 Å². The van der Waals surface area contributed by atoms with Gasteiger partial charge in [0.15, 0.2) is 6.17 Å². The lowest BCUT2D eigenvalue weighted by atomic mass is 9.90. The summed E-state index contributed by atoms with van der Waals surface area (Å²) in [4.78, 5) is 9.15. The molecule has 0 spiro atoms. The molecule has 126 valence electrons. The molecule has 0 aromatic heterocycles. The van der Waals surface area contributed by atoms with Gasteiger partial charge in [-0.25, -0.2) is 17.9 Å². The molecule has 1 saturated heterocycles. The highest BCUT2D eigenvalue weighted by Gasteiger charge is 2.76. The number of hydrogen-bond acceptors (Lipinski definition) is 3. The van der Waals surface area contributed by atoms with E-state index in [2.05, 4.69) is 9.05 Å². The van der Waals surface area contributed by atoms with Crippen LogP contribution in [0.1, 0.15) is 26.7 Å². The number of alkyl halides is 6. The van der Waals surface area contributed by atoms with Crippen molar-refractivity contribution < 1.29 is 44.8 Å². The number of phosphoric acid groups is 1. The maximum atomic E-state index is 14.4. The molecule has 3 atom stereocenters. The van der Waals surface area contributed by atoms with Crippen molar-refractivity contribution in [3.8, 4) is 0 Å². The molecule has 0 saturated carbocycles. The Morgan fingerprint density at radius 2 is 1.76 bits per heavy atom. The Morgan fingerprint density at radius 3 is 2.24 bits per heavy atom. The zero-order chi connectivity index (χ0) is 16.7. The molecule has 0 aromatic rings. The molecule has 1 aliphatic heterocycles. The summed E-state index contributed by atoms with van der Waals surface area (Å²) in [6.45, 7) is 0.732. The Hall–Kier alpha value is -0.310. The summed E-state index contributed by atoms with van der Waals surface area (Å²) >= 11 is 0. The molecule has 4 nitrogen and oxygen atoms in total. The quantitative estimate of drug-likeness (QED) is 0.580. The predicted octanol–water partition coefficient (Wildman–Crippen LogP) is 3.84. The van der Waals surface area contributed by atoms with Crippen LogP contribution < -0.4 is 0 Å². The first kappa shape index (κ1) is 18.7. The lowest BCUT2D eigenvalue weighted by Crippen LogP contribution is -2.63. The maximum Gasteiger partial charge on any atom is 0.475 e. The van der Waals surface area contributed by atoms with Gasteiger partial charge in [-0.1, -0.05) is 13.8 Å². The van der Waals surface area contributed by atoms with Gasteiger partial charge in [-0.05, 0) is 12.8 Å². The van der Waals surface area contributed by atoms with E-state index >= 15 is 0 Å². The summed E-state index contributed by atoms with van der Waals surface area (Å²) in [5, 5.41) is 0. The van der Waals surface area contributed by atoms with Gasteiger partial charge in [0.25, 0.3) is 5.85 Å². The fourth-order valence-electron chi connectivity index (χ4n) is 1.77. The predicted molar refractivity (Wildman–Crippen MR) is 59.6 cm³/mol. The van der Waals surface area contributed by atoms with Crippen molar-refractivity contribution in [2.24, 2.45) is 5.92 Å². The van der Waals surface area contributed by atoms with Crippen molar-refractivity contribution in [2.45, 2.75) is 50.6 Å². The van der Waals surface area contributed by atoms with Gasteiger partial charge in [0, 0.05) is 5.92 Å². The van der Waals surface area contributed by atoms with E-state index in [1.807, 2.05) is 0 Å². The lowest BCUT2D eigenvalue weighted by molar-refractivity contribution is -0.354. The lowest BCUT2D eigenvalue weighted by Gasteiger charge is -2.41. The zero-order valence-electron chi connectivity index (χ0n) is 11.2. The first-order chi connectivity index (χ1) is 9.28. The third-order valence-electron chi connectivity index (χ3n) is 3.09. The number of phosphoric ester groups is 1. The molecule has 0 aromatic carbocycles. The molecular formula is C10H15F6O4P. The monoisotopic (exact) mass is 344 g/mol. The summed E-state index contributed by atoms with van der Waals surface area (Å²) in [6, 6.07) is 0. The van der Waals surface area contributed by atoms with Gasteiger partial charge in [0.1, 0.15) is 0 Å². The van der Waals surface area contributed by atoms with Crippen LogP contribution in [0.4, 0.5) is 26.3 Å². The number of rotatable bonds is 1. The molecule has 1 aliphatic rings. The highest BCUT2D eigenvalue weighted by Crippen LogP contribution is 2.59. The van der Waals surface area contributed by atoms with Crippen LogP contribution in [0.5, 0.6) is 0 Å². The molecule has 1 N–H and O–H groups in total.